The molecule has 0 saturated heterocycles. The molecule has 0 aromatic carbocycles. The van der Waals surface area contributed by atoms with Gasteiger partial charge in [-0.15, -0.1) is 0 Å². The van der Waals surface area contributed by atoms with Crippen LogP contribution in [0.1, 0.15) is 26.7 Å². The Bertz CT molecular complexity index is 187. The summed E-state index contributed by atoms with van der Waals surface area (Å²) in [6.07, 6.45) is 1.28. The molecule has 0 amide bonds. The standard InChI is InChI=1S/C10H17F2O/c1-4-9(3,5-2)8-7(6-13)10(8,11)12/h7-8,13H,3-6H2,1-2H3. The molecule has 0 aliphatic heterocycles. The second kappa shape index (κ2) is 3.19. The lowest BCUT2D eigenvalue weighted by molar-refractivity contribution is 0.0535. The van der Waals surface area contributed by atoms with Gasteiger partial charge in [-0.25, -0.2) is 8.78 Å². The fourth-order valence-corrected chi connectivity index (χ4v) is 2.14. The highest BCUT2D eigenvalue weighted by atomic mass is 19.3. The number of hydrogen-bond acceptors (Lipinski definition) is 1. The highest BCUT2D eigenvalue weighted by Gasteiger charge is 2.72. The Morgan fingerprint density at radius 1 is 1.38 bits per heavy atom. The average molecular weight is 191 g/mol. The molecule has 1 fully saturated rings. The van der Waals surface area contributed by atoms with Gasteiger partial charge in [-0.3, -0.25) is 0 Å². The Balaban J connectivity index is 2.74. The first-order chi connectivity index (χ1) is 5.94. The Morgan fingerprint density at radius 2 is 1.85 bits per heavy atom. The minimum absolute atomic E-state index is 0.422. The van der Waals surface area contributed by atoms with Crippen LogP contribution in [0, 0.1) is 24.2 Å². The van der Waals surface area contributed by atoms with Crippen molar-refractivity contribution in [3.8, 4) is 0 Å². The van der Waals surface area contributed by atoms with Crippen molar-refractivity contribution < 1.29 is 13.9 Å². The Morgan fingerprint density at radius 3 is 2.08 bits per heavy atom. The molecule has 0 aromatic heterocycles. The van der Waals surface area contributed by atoms with E-state index < -0.39 is 29.8 Å². The van der Waals surface area contributed by atoms with Crippen molar-refractivity contribution >= 4 is 0 Å². The molecule has 1 nitrogen and oxygen atoms in total. The van der Waals surface area contributed by atoms with E-state index in [0.29, 0.717) is 12.8 Å². The second-order valence-electron chi connectivity index (χ2n) is 4.01. The van der Waals surface area contributed by atoms with Crippen molar-refractivity contribution in [3.05, 3.63) is 6.92 Å². The molecule has 1 aliphatic carbocycles. The first-order valence-electron chi connectivity index (χ1n) is 4.78. The van der Waals surface area contributed by atoms with E-state index in [4.69, 9.17) is 5.11 Å². The van der Waals surface area contributed by atoms with Crippen LogP contribution in [0.5, 0.6) is 0 Å². The van der Waals surface area contributed by atoms with Gasteiger partial charge in [0.15, 0.2) is 0 Å². The van der Waals surface area contributed by atoms with Gasteiger partial charge in [0.2, 0.25) is 0 Å². The number of halogens is 2. The molecular weight excluding hydrogens is 174 g/mol. The third kappa shape index (κ3) is 1.47. The van der Waals surface area contributed by atoms with Gasteiger partial charge in [0.05, 0.1) is 12.5 Å². The zero-order chi connectivity index (χ0) is 10.3. The number of aliphatic hydroxyl groups excluding tert-OH is 1. The van der Waals surface area contributed by atoms with Crippen LogP contribution >= 0.6 is 0 Å². The van der Waals surface area contributed by atoms with Gasteiger partial charge < -0.3 is 5.11 Å². The average Bonchev–Trinajstić information content (AvgIpc) is 2.67. The summed E-state index contributed by atoms with van der Waals surface area (Å²) in [6.45, 7) is 7.20. The third-order valence-corrected chi connectivity index (χ3v) is 3.47. The van der Waals surface area contributed by atoms with E-state index in [9.17, 15) is 8.78 Å². The Hall–Kier alpha value is -0.180. The minimum Gasteiger partial charge on any atom is -0.396 e. The van der Waals surface area contributed by atoms with Gasteiger partial charge in [-0.05, 0) is 25.2 Å². The molecule has 1 saturated carbocycles. The number of aliphatic hydroxyl groups is 1. The number of hydrogen-bond donors (Lipinski definition) is 1. The van der Waals surface area contributed by atoms with Gasteiger partial charge >= 0.3 is 0 Å². The minimum atomic E-state index is -2.69. The molecule has 2 unspecified atom stereocenters. The van der Waals surface area contributed by atoms with Crippen LogP contribution in [0.2, 0.25) is 0 Å². The zero-order valence-corrected chi connectivity index (χ0v) is 8.19. The van der Waals surface area contributed by atoms with Crippen LogP contribution in [0.15, 0.2) is 0 Å². The van der Waals surface area contributed by atoms with E-state index in [0.717, 1.165) is 0 Å². The molecule has 1 rings (SSSR count). The van der Waals surface area contributed by atoms with Gasteiger partial charge in [0.1, 0.15) is 0 Å². The molecule has 0 heterocycles. The molecule has 0 aromatic rings. The zero-order valence-electron chi connectivity index (χ0n) is 8.19. The second-order valence-corrected chi connectivity index (χ2v) is 4.01. The van der Waals surface area contributed by atoms with Crippen LogP contribution in [-0.2, 0) is 0 Å². The van der Waals surface area contributed by atoms with E-state index in [-0.39, 0.29) is 0 Å². The first kappa shape index (κ1) is 10.9. The molecule has 77 valence electrons. The first-order valence-corrected chi connectivity index (χ1v) is 4.78. The third-order valence-electron chi connectivity index (χ3n) is 3.47. The summed E-state index contributed by atoms with van der Waals surface area (Å²) in [4.78, 5) is 0. The Kier molecular flexibility index (Phi) is 2.68. The molecule has 3 heteroatoms. The molecule has 0 bridgehead atoms. The molecule has 1 aliphatic rings. The molecular formula is C10H17F2O. The lowest BCUT2D eigenvalue weighted by Gasteiger charge is -2.26. The fraction of sp³-hybridized carbons (Fsp3) is 0.900. The van der Waals surface area contributed by atoms with E-state index in [1.54, 1.807) is 0 Å². The van der Waals surface area contributed by atoms with Gasteiger partial charge in [-0.1, -0.05) is 13.8 Å². The number of alkyl halides is 2. The van der Waals surface area contributed by atoms with Crippen molar-refractivity contribution in [3.63, 3.8) is 0 Å². The summed E-state index contributed by atoms with van der Waals surface area (Å²) in [5.74, 6) is -4.27. The summed E-state index contributed by atoms with van der Waals surface area (Å²) in [5, 5.41) is 8.76. The van der Waals surface area contributed by atoms with Crippen LogP contribution in [-0.4, -0.2) is 17.6 Å². The summed E-state index contributed by atoms with van der Waals surface area (Å²) in [7, 11) is 0. The normalized spacial score (nSPS) is 31.8. The fourth-order valence-electron chi connectivity index (χ4n) is 2.14. The highest BCUT2D eigenvalue weighted by molar-refractivity contribution is 5.13. The molecule has 0 spiro atoms. The van der Waals surface area contributed by atoms with Crippen molar-refractivity contribution in [1.82, 2.24) is 0 Å². The quantitative estimate of drug-likeness (QED) is 0.723. The lowest BCUT2D eigenvalue weighted by Crippen LogP contribution is -2.21. The van der Waals surface area contributed by atoms with Crippen molar-refractivity contribution in [2.24, 2.45) is 17.3 Å². The van der Waals surface area contributed by atoms with Crippen LogP contribution < -0.4 is 0 Å². The molecule has 13 heavy (non-hydrogen) atoms. The molecule has 1 N–H and O–H groups in total. The van der Waals surface area contributed by atoms with E-state index in [2.05, 4.69) is 6.92 Å². The van der Waals surface area contributed by atoms with Crippen molar-refractivity contribution in [2.75, 3.05) is 6.61 Å². The predicted molar refractivity (Wildman–Crippen MR) is 47.4 cm³/mol. The predicted octanol–water partition coefficient (Wildman–Crippen LogP) is 2.50. The number of rotatable bonds is 4. The van der Waals surface area contributed by atoms with E-state index in [1.807, 2.05) is 13.8 Å². The van der Waals surface area contributed by atoms with Gasteiger partial charge in [0.25, 0.3) is 5.92 Å². The summed E-state index contributed by atoms with van der Waals surface area (Å²) < 4.78 is 26.3. The highest BCUT2D eigenvalue weighted by Crippen LogP contribution is 2.64. The smallest absolute Gasteiger partial charge is 0.257 e. The monoisotopic (exact) mass is 191 g/mol. The van der Waals surface area contributed by atoms with Gasteiger partial charge in [0, 0.05) is 5.92 Å². The maximum Gasteiger partial charge on any atom is 0.257 e. The molecule has 1 radical (unpaired) electrons. The topological polar surface area (TPSA) is 20.2 Å². The maximum absolute atomic E-state index is 13.1. The Labute approximate surface area is 78.1 Å². The van der Waals surface area contributed by atoms with E-state index >= 15 is 0 Å². The van der Waals surface area contributed by atoms with Crippen LogP contribution in [0.25, 0.3) is 0 Å². The largest absolute Gasteiger partial charge is 0.396 e. The summed E-state index contributed by atoms with van der Waals surface area (Å²) in [5.41, 5.74) is -0.559. The van der Waals surface area contributed by atoms with Crippen LogP contribution in [0.3, 0.4) is 0 Å². The summed E-state index contributed by atoms with van der Waals surface area (Å²) in [6, 6.07) is 0. The maximum atomic E-state index is 13.1. The van der Waals surface area contributed by atoms with Gasteiger partial charge in [-0.2, -0.15) is 0 Å². The summed E-state index contributed by atoms with van der Waals surface area (Å²) >= 11 is 0. The van der Waals surface area contributed by atoms with Crippen molar-refractivity contribution in [2.45, 2.75) is 32.6 Å². The van der Waals surface area contributed by atoms with Crippen molar-refractivity contribution in [1.29, 1.82) is 0 Å². The molecule has 2 atom stereocenters. The lowest BCUT2D eigenvalue weighted by atomic mass is 9.78. The SMILES string of the molecule is [CH2]C(CC)(CC)C1C(CO)C1(F)F. The van der Waals surface area contributed by atoms with E-state index in [1.165, 1.54) is 0 Å². The van der Waals surface area contributed by atoms with Crippen LogP contribution in [0.4, 0.5) is 8.78 Å².